The number of rotatable bonds is 3. The summed E-state index contributed by atoms with van der Waals surface area (Å²) in [7, 11) is -1.21. The Bertz CT molecular complexity index is 357. The molecule has 1 aliphatic heterocycles. The molecule has 5 nitrogen and oxygen atoms in total. The fraction of sp³-hybridized carbons (Fsp3) is 0.923. The molecule has 0 aromatic heterocycles. The molecule has 0 aromatic rings. The Labute approximate surface area is 115 Å². The van der Waals surface area contributed by atoms with Gasteiger partial charge in [0, 0.05) is 20.0 Å². The molecule has 6 heteroatoms. The van der Waals surface area contributed by atoms with Gasteiger partial charge in [0.15, 0.2) is 0 Å². The number of aliphatic hydroxyl groups excluding tert-OH is 2. The Kier molecular flexibility index (Phi) is 3.95. The molecule has 2 bridgehead atoms. The summed E-state index contributed by atoms with van der Waals surface area (Å²) in [4.78, 5) is 13.7. The van der Waals surface area contributed by atoms with E-state index < -0.39 is 20.3 Å². The van der Waals surface area contributed by atoms with Gasteiger partial charge in [0.1, 0.15) is 6.10 Å². The summed E-state index contributed by atoms with van der Waals surface area (Å²) in [5, 5.41) is 19.7. The molecule has 110 valence electrons. The average molecular weight is 287 g/mol. The van der Waals surface area contributed by atoms with Crippen molar-refractivity contribution in [1.29, 1.82) is 0 Å². The third-order valence-corrected chi connectivity index (χ3v) is 6.10. The highest BCUT2D eigenvalue weighted by Crippen LogP contribution is 2.42. The SMILES string of the molecule is C[C@H]1[C@H]2C[C@H]([C@H](O)[C@@H]2O)N1C(=O)OCC[Si](C)(C)C. The molecule has 1 saturated carbocycles. The quantitative estimate of drug-likeness (QED) is 0.767. The van der Waals surface area contributed by atoms with Crippen molar-refractivity contribution in [2.75, 3.05) is 6.61 Å². The summed E-state index contributed by atoms with van der Waals surface area (Å²) < 4.78 is 5.34. The molecule has 1 amide bonds. The second kappa shape index (κ2) is 5.07. The molecule has 2 rings (SSSR count). The molecule has 5 atom stereocenters. The molecule has 0 unspecified atom stereocenters. The third kappa shape index (κ3) is 2.80. The van der Waals surface area contributed by atoms with E-state index in [0.29, 0.717) is 13.0 Å². The molecule has 19 heavy (non-hydrogen) atoms. The Morgan fingerprint density at radius 3 is 2.47 bits per heavy atom. The predicted octanol–water partition coefficient (Wildman–Crippen LogP) is 1.28. The number of ether oxygens (including phenoxy) is 1. The number of hydrogen-bond acceptors (Lipinski definition) is 4. The number of piperidine rings is 1. The van der Waals surface area contributed by atoms with Gasteiger partial charge in [-0.25, -0.2) is 4.79 Å². The van der Waals surface area contributed by atoms with Crippen LogP contribution in [0.1, 0.15) is 13.3 Å². The van der Waals surface area contributed by atoms with E-state index in [2.05, 4.69) is 19.6 Å². The summed E-state index contributed by atoms with van der Waals surface area (Å²) in [5.74, 6) is -0.0236. The van der Waals surface area contributed by atoms with E-state index >= 15 is 0 Å². The number of fused-ring (bicyclic) bond motifs is 2. The summed E-state index contributed by atoms with van der Waals surface area (Å²) >= 11 is 0. The maximum atomic E-state index is 12.1. The molecule has 1 aliphatic carbocycles. The number of likely N-dealkylation sites (tertiary alicyclic amines) is 1. The van der Waals surface area contributed by atoms with Gasteiger partial charge >= 0.3 is 6.09 Å². The molecule has 0 aromatic carbocycles. The Hall–Kier alpha value is -0.593. The van der Waals surface area contributed by atoms with Gasteiger partial charge < -0.3 is 14.9 Å². The van der Waals surface area contributed by atoms with Crippen molar-refractivity contribution >= 4 is 14.2 Å². The highest BCUT2D eigenvalue weighted by molar-refractivity contribution is 6.76. The van der Waals surface area contributed by atoms with E-state index in [1.807, 2.05) is 6.92 Å². The minimum atomic E-state index is -1.21. The first-order chi connectivity index (χ1) is 8.72. The van der Waals surface area contributed by atoms with E-state index in [4.69, 9.17) is 4.74 Å². The minimum Gasteiger partial charge on any atom is -0.450 e. The van der Waals surface area contributed by atoms with Crippen molar-refractivity contribution in [3.63, 3.8) is 0 Å². The summed E-state index contributed by atoms with van der Waals surface area (Å²) in [6.45, 7) is 9.08. The lowest BCUT2D eigenvalue weighted by Crippen LogP contribution is -2.55. The van der Waals surface area contributed by atoms with Crippen molar-refractivity contribution in [2.24, 2.45) is 5.92 Å². The van der Waals surface area contributed by atoms with E-state index in [1.165, 1.54) is 0 Å². The maximum Gasteiger partial charge on any atom is 0.410 e. The third-order valence-electron chi connectivity index (χ3n) is 4.40. The van der Waals surface area contributed by atoms with E-state index in [9.17, 15) is 15.0 Å². The highest BCUT2D eigenvalue weighted by Gasteiger charge is 2.56. The molecular weight excluding hydrogens is 262 g/mol. The van der Waals surface area contributed by atoms with Gasteiger partial charge in [-0.2, -0.15) is 0 Å². The van der Waals surface area contributed by atoms with Crippen LogP contribution >= 0.6 is 0 Å². The number of carbonyl (C=O) groups excluding carboxylic acids is 1. The van der Waals surface area contributed by atoms with Gasteiger partial charge in [0.25, 0.3) is 0 Å². The van der Waals surface area contributed by atoms with Crippen LogP contribution in [0.3, 0.4) is 0 Å². The summed E-state index contributed by atoms with van der Waals surface area (Å²) in [6.07, 6.45) is -1.20. The topological polar surface area (TPSA) is 70.0 Å². The smallest absolute Gasteiger partial charge is 0.410 e. The Morgan fingerprint density at radius 2 is 1.95 bits per heavy atom. The van der Waals surface area contributed by atoms with Gasteiger partial charge in [0.2, 0.25) is 0 Å². The first-order valence-electron chi connectivity index (χ1n) is 7.03. The molecule has 2 aliphatic rings. The highest BCUT2D eigenvalue weighted by atomic mass is 28.3. The van der Waals surface area contributed by atoms with Crippen molar-refractivity contribution in [1.82, 2.24) is 4.90 Å². The zero-order valence-corrected chi connectivity index (χ0v) is 13.2. The van der Waals surface area contributed by atoms with Gasteiger partial charge in [0.05, 0.1) is 18.8 Å². The molecule has 1 saturated heterocycles. The standard InChI is InChI=1S/C13H25NO4Si/c1-8-9-7-10(12(16)11(9)15)14(8)13(17)18-5-6-19(2,3)4/h8-12,15-16H,5-7H2,1-4H3/t8-,9+,10+,11+,12-/m0/s1. The van der Waals surface area contributed by atoms with Gasteiger partial charge in [-0.15, -0.1) is 0 Å². The lowest BCUT2D eigenvalue weighted by Gasteiger charge is -2.37. The van der Waals surface area contributed by atoms with Crippen molar-refractivity contribution in [3.05, 3.63) is 0 Å². The number of hydrogen-bond donors (Lipinski definition) is 2. The van der Waals surface area contributed by atoms with Crippen molar-refractivity contribution in [2.45, 2.75) is 63.3 Å². The van der Waals surface area contributed by atoms with Crippen LogP contribution < -0.4 is 0 Å². The molecular formula is C13H25NO4Si. The first kappa shape index (κ1) is 14.8. The molecule has 0 spiro atoms. The maximum absolute atomic E-state index is 12.1. The predicted molar refractivity (Wildman–Crippen MR) is 74.7 cm³/mol. The zero-order valence-electron chi connectivity index (χ0n) is 12.2. The van der Waals surface area contributed by atoms with Crippen LogP contribution in [-0.4, -0.2) is 60.2 Å². The zero-order chi connectivity index (χ0) is 14.4. The Balaban J connectivity index is 1.90. The molecule has 2 fully saturated rings. The van der Waals surface area contributed by atoms with Gasteiger partial charge in [-0.1, -0.05) is 19.6 Å². The Morgan fingerprint density at radius 1 is 1.32 bits per heavy atom. The lowest BCUT2D eigenvalue weighted by molar-refractivity contribution is -0.0587. The fourth-order valence-corrected chi connectivity index (χ4v) is 3.84. The van der Waals surface area contributed by atoms with E-state index in [1.54, 1.807) is 4.90 Å². The fourth-order valence-electron chi connectivity index (χ4n) is 3.13. The van der Waals surface area contributed by atoms with E-state index in [-0.39, 0.29) is 24.1 Å². The molecule has 1 heterocycles. The van der Waals surface area contributed by atoms with Crippen LogP contribution in [0, 0.1) is 5.92 Å². The first-order valence-corrected chi connectivity index (χ1v) is 10.7. The monoisotopic (exact) mass is 287 g/mol. The lowest BCUT2D eigenvalue weighted by atomic mass is 9.96. The summed E-state index contributed by atoms with van der Waals surface area (Å²) in [5.41, 5.74) is 0. The van der Waals surface area contributed by atoms with Crippen LogP contribution in [0.5, 0.6) is 0 Å². The number of nitrogens with zero attached hydrogens (tertiary/aromatic N) is 1. The molecule has 2 N–H and O–H groups in total. The van der Waals surface area contributed by atoms with Crippen LogP contribution in [0.15, 0.2) is 0 Å². The van der Waals surface area contributed by atoms with Crippen LogP contribution in [0.2, 0.25) is 25.7 Å². The van der Waals surface area contributed by atoms with Gasteiger partial charge in [-0.3, -0.25) is 4.90 Å². The van der Waals surface area contributed by atoms with E-state index in [0.717, 1.165) is 6.04 Å². The number of amides is 1. The number of aliphatic hydroxyl groups is 2. The average Bonchev–Trinajstić information content (AvgIpc) is 2.75. The van der Waals surface area contributed by atoms with Gasteiger partial charge in [-0.05, 0) is 19.4 Å². The van der Waals surface area contributed by atoms with Crippen LogP contribution in [-0.2, 0) is 4.74 Å². The number of carbonyl (C=O) groups is 1. The largest absolute Gasteiger partial charge is 0.450 e. The normalized spacial score (nSPS) is 37.8. The van der Waals surface area contributed by atoms with Crippen LogP contribution in [0.4, 0.5) is 4.79 Å². The second-order valence-corrected chi connectivity index (χ2v) is 12.6. The minimum absolute atomic E-state index is 0.0236. The summed E-state index contributed by atoms with van der Waals surface area (Å²) in [6, 6.07) is 0.609. The van der Waals surface area contributed by atoms with Crippen LogP contribution in [0.25, 0.3) is 0 Å². The van der Waals surface area contributed by atoms with Crippen molar-refractivity contribution < 1.29 is 19.7 Å². The second-order valence-electron chi connectivity index (χ2n) is 7.02. The van der Waals surface area contributed by atoms with Crippen molar-refractivity contribution in [3.8, 4) is 0 Å². The molecule has 0 radical (unpaired) electrons.